The molecule has 5 nitrogen and oxygen atoms in total. The van der Waals surface area contributed by atoms with Crippen LogP contribution in [0.3, 0.4) is 0 Å². The average molecular weight is 360 g/mol. The van der Waals surface area contributed by atoms with Gasteiger partial charge in [0.1, 0.15) is 0 Å². The van der Waals surface area contributed by atoms with Crippen LogP contribution in [0.15, 0.2) is 59.5 Å². The number of carbonyl (C=O) groups is 1. The van der Waals surface area contributed by atoms with E-state index in [-0.39, 0.29) is 23.8 Å². The van der Waals surface area contributed by atoms with Gasteiger partial charge in [0, 0.05) is 19.5 Å². The molecule has 6 heteroatoms. The van der Waals surface area contributed by atoms with Crippen molar-refractivity contribution in [2.75, 3.05) is 17.4 Å². The molecule has 134 valence electrons. The zero-order valence-corrected chi connectivity index (χ0v) is 15.4. The van der Waals surface area contributed by atoms with Crippen molar-refractivity contribution in [3.63, 3.8) is 0 Å². The van der Waals surface area contributed by atoms with E-state index in [9.17, 15) is 13.2 Å². The molecular formula is C19H24N2O3S. The highest BCUT2D eigenvalue weighted by Crippen LogP contribution is 2.24. The Morgan fingerprint density at radius 2 is 1.68 bits per heavy atom. The zero-order valence-electron chi connectivity index (χ0n) is 14.6. The minimum Gasteiger partial charge on any atom is -0.356 e. The fourth-order valence-corrected chi connectivity index (χ4v) is 3.84. The smallest absolute Gasteiger partial charge is 0.264 e. The van der Waals surface area contributed by atoms with Gasteiger partial charge < -0.3 is 5.32 Å². The SMILES string of the molecule is CCCNC(=O)CCN(c1ccccc1)S(=O)(=O)c1ccc(C)cc1. The van der Waals surface area contributed by atoms with Crippen molar-refractivity contribution in [3.8, 4) is 0 Å². The third kappa shape index (κ3) is 5.06. The van der Waals surface area contributed by atoms with E-state index in [2.05, 4.69) is 5.32 Å². The molecule has 0 spiro atoms. The first kappa shape index (κ1) is 19.0. The van der Waals surface area contributed by atoms with Crippen molar-refractivity contribution < 1.29 is 13.2 Å². The Kier molecular flexibility index (Phi) is 6.58. The number of hydrogen-bond acceptors (Lipinski definition) is 3. The van der Waals surface area contributed by atoms with E-state index in [1.165, 1.54) is 4.31 Å². The summed E-state index contributed by atoms with van der Waals surface area (Å²) in [6, 6.07) is 15.6. The van der Waals surface area contributed by atoms with Crippen LogP contribution in [0, 0.1) is 6.92 Å². The van der Waals surface area contributed by atoms with Gasteiger partial charge in [0.05, 0.1) is 10.6 Å². The topological polar surface area (TPSA) is 66.5 Å². The summed E-state index contributed by atoms with van der Waals surface area (Å²) in [6.45, 7) is 4.56. The molecular weight excluding hydrogens is 336 g/mol. The van der Waals surface area contributed by atoms with Crippen LogP contribution in [-0.2, 0) is 14.8 Å². The Morgan fingerprint density at radius 3 is 2.28 bits per heavy atom. The van der Waals surface area contributed by atoms with Crippen LogP contribution in [0.1, 0.15) is 25.3 Å². The molecule has 0 saturated carbocycles. The number of anilines is 1. The van der Waals surface area contributed by atoms with Gasteiger partial charge in [-0.15, -0.1) is 0 Å². The number of para-hydroxylation sites is 1. The fourth-order valence-electron chi connectivity index (χ4n) is 2.38. The van der Waals surface area contributed by atoms with Gasteiger partial charge in [-0.2, -0.15) is 0 Å². The van der Waals surface area contributed by atoms with Gasteiger partial charge in [0.25, 0.3) is 10.0 Å². The molecule has 0 aliphatic carbocycles. The maximum Gasteiger partial charge on any atom is 0.264 e. The molecule has 0 heterocycles. The maximum absolute atomic E-state index is 13.1. The Hall–Kier alpha value is -2.34. The van der Waals surface area contributed by atoms with E-state index in [0.717, 1.165) is 12.0 Å². The molecule has 0 radical (unpaired) electrons. The van der Waals surface area contributed by atoms with E-state index in [0.29, 0.717) is 12.2 Å². The van der Waals surface area contributed by atoms with Crippen molar-refractivity contribution >= 4 is 21.6 Å². The van der Waals surface area contributed by atoms with E-state index in [1.54, 1.807) is 48.5 Å². The van der Waals surface area contributed by atoms with Crippen LogP contribution in [-0.4, -0.2) is 27.4 Å². The quantitative estimate of drug-likeness (QED) is 0.786. The number of hydrogen-bond donors (Lipinski definition) is 1. The summed E-state index contributed by atoms with van der Waals surface area (Å²) < 4.78 is 27.4. The number of benzene rings is 2. The van der Waals surface area contributed by atoms with Gasteiger partial charge in [-0.05, 0) is 37.6 Å². The maximum atomic E-state index is 13.1. The zero-order chi connectivity index (χ0) is 18.3. The molecule has 1 N–H and O–H groups in total. The highest BCUT2D eigenvalue weighted by Gasteiger charge is 2.25. The highest BCUT2D eigenvalue weighted by atomic mass is 32.2. The predicted octanol–water partition coefficient (Wildman–Crippen LogP) is 3.11. The van der Waals surface area contributed by atoms with Crippen molar-refractivity contribution in [1.29, 1.82) is 0 Å². The molecule has 0 aromatic heterocycles. The first-order chi connectivity index (χ1) is 11.9. The largest absolute Gasteiger partial charge is 0.356 e. The number of aryl methyl sites for hydroxylation is 1. The number of amides is 1. The average Bonchev–Trinajstić information content (AvgIpc) is 2.61. The van der Waals surface area contributed by atoms with E-state index in [1.807, 2.05) is 19.9 Å². The third-order valence-electron chi connectivity index (χ3n) is 3.77. The molecule has 0 unspecified atom stereocenters. The van der Waals surface area contributed by atoms with Crippen molar-refractivity contribution in [2.45, 2.75) is 31.6 Å². The molecule has 0 fully saturated rings. The van der Waals surface area contributed by atoms with Crippen LogP contribution in [0.4, 0.5) is 5.69 Å². The van der Waals surface area contributed by atoms with Crippen LogP contribution < -0.4 is 9.62 Å². The second kappa shape index (κ2) is 8.67. The molecule has 0 bridgehead atoms. The van der Waals surface area contributed by atoms with Crippen molar-refractivity contribution in [3.05, 3.63) is 60.2 Å². The molecule has 0 aliphatic heterocycles. The lowest BCUT2D eigenvalue weighted by Crippen LogP contribution is -2.35. The van der Waals surface area contributed by atoms with Crippen LogP contribution in [0.25, 0.3) is 0 Å². The lowest BCUT2D eigenvalue weighted by molar-refractivity contribution is -0.120. The van der Waals surface area contributed by atoms with Gasteiger partial charge in [-0.25, -0.2) is 8.42 Å². The Morgan fingerprint density at radius 1 is 1.04 bits per heavy atom. The Balaban J connectivity index is 2.28. The predicted molar refractivity (Wildman–Crippen MR) is 100 cm³/mol. The van der Waals surface area contributed by atoms with Crippen LogP contribution >= 0.6 is 0 Å². The summed E-state index contributed by atoms with van der Waals surface area (Å²) in [5.74, 6) is -0.151. The number of sulfonamides is 1. The van der Waals surface area contributed by atoms with E-state index < -0.39 is 10.0 Å². The summed E-state index contributed by atoms with van der Waals surface area (Å²) in [5.41, 5.74) is 1.54. The number of nitrogens with zero attached hydrogens (tertiary/aromatic N) is 1. The van der Waals surface area contributed by atoms with E-state index in [4.69, 9.17) is 0 Å². The van der Waals surface area contributed by atoms with Gasteiger partial charge >= 0.3 is 0 Å². The fraction of sp³-hybridized carbons (Fsp3) is 0.316. The summed E-state index contributed by atoms with van der Waals surface area (Å²) >= 11 is 0. The number of nitrogens with one attached hydrogen (secondary N) is 1. The Bertz CT molecular complexity index is 787. The monoisotopic (exact) mass is 360 g/mol. The first-order valence-corrected chi connectivity index (χ1v) is 9.80. The third-order valence-corrected chi connectivity index (χ3v) is 5.61. The van der Waals surface area contributed by atoms with Gasteiger partial charge in [-0.1, -0.05) is 42.8 Å². The molecule has 0 aliphatic rings. The number of carbonyl (C=O) groups excluding carboxylic acids is 1. The normalized spacial score (nSPS) is 11.1. The van der Waals surface area contributed by atoms with Gasteiger partial charge in [0.2, 0.25) is 5.91 Å². The lowest BCUT2D eigenvalue weighted by Gasteiger charge is -2.24. The van der Waals surface area contributed by atoms with Crippen LogP contribution in [0.2, 0.25) is 0 Å². The molecule has 1 amide bonds. The van der Waals surface area contributed by atoms with Gasteiger partial charge in [0.15, 0.2) is 0 Å². The molecule has 0 saturated heterocycles. The second-order valence-electron chi connectivity index (χ2n) is 5.83. The standard InChI is InChI=1S/C19H24N2O3S/c1-3-14-20-19(22)13-15-21(17-7-5-4-6-8-17)25(23,24)18-11-9-16(2)10-12-18/h4-12H,3,13-15H2,1-2H3,(H,20,22). The molecule has 0 atom stereocenters. The van der Waals surface area contributed by atoms with Crippen molar-refractivity contribution in [2.24, 2.45) is 0 Å². The number of rotatable bonds is 8. The Labute approximate surface area is 149 Å². The van der Waals surface area contributed by atoms with E-state index >= 15 is 0 Å². The summed E-state index contributed by atoms with van der Waals surface area (Å²) in [5, 5.41) is 2.78. The highest BCUT2D eigenvalue weighted by molar-refractivity contribution is 7.92. The minimum atomic E-state index is -3.73. The summed E-state index contributed by atoms with van der Waals surface area (Å²) in [7, 11) is -3.73. The second-order valence-corrected chi connectivity index (χ2v) is 7.69. The van der Waals surface area contributed by atoms with Crippen LogP contribution in [0.5, 0.6) is 0 Å². The molecule has 2 aromatic carbocycles. The molecule has 25 heavy (non-hydrogen) atoms. The molecule has 2 rings (SSSR count). The lowest BCUT2D eigenvalue weighted by atomic mass is 10.2. The van der Waals surface area contributed by atoms with Gasteiger partial charge in [-0.3, -0.25) is 9.10 Å². The van der Waals surface area contributed by atoms with Crippen molar-refractivity contribution in [1.82, 2.24) is 5.32 Å². The minimum absolute atomic E-state index is 0.0930. The summed E-state index contributed by atoms with van der Waals surface area (Å²) in [6.07, 6.45) is 0.954. The summed E-state index contributed by atoms with van der Waals surface area (Å²) in [4.78, 5) is 12.1. The molecule has 2 aromatic rings. The first-order valence-electron chi connectivity index (χ1n) is 8.36.